The zero-order chi connectivity index (χ0) is 12.1. The van der Waals surface area contributed by atoms with Gasteiger partial charge in [0.15, 0.2) is 0 Å². The molecule has 5 heteroatoms. The van der Waals surface area contributed by atoms with E-state index in [1.54, 1.807) is 0 Å². The predicted octanol–water partition coefficient (Wildman–Crippen LogP) is 2.72. The van der Waals surface area contributed by atoms with Gasteiger partial charge >= 0.3 is 7.60 Å². The van der Waals surface area contributed by atoms with Gasteiger partial charge in [0.25, 0.3) is 0 Å². The molecule has 0 aliphatic rings. The molecule has 0 radical (unpaired) electrons. The van der Waals surface area contributed by atoms with E-state index in [0.29, 0.717) is 5.92 Å². The van der Waals surface area contributed by atoms with Crippen LogP contribution in [0.1, 0.15) is 27.2 Å². The molecule has 0 aliphatic carbocycles. The molecule has 1 atom stereocenters. The normalized spacial score (nSPS) is 14.3. The molecule has 0 saturated heterocycles. The number of hydrogen-bond donors (Lipinski definition) is 0. The van der Waals surface area contributed by atoms with Crippen molar-refractivity contribution in [2.24, 2.45) is 11.8 Å². The number of carbonyl (C=O) groups excluding carboxylic acids is 1. The molecule has 0 aromatic heterocycles. The molecule has 90 valence electrons. The molecule has 1 unspecified atom stereocenters. The van der Waals surface area contributed by atoms with E-state index in [9.17, 15) is 9.36 Å². The number of ketones is 1. The fourth-order valence-electron chi connectivity index (χ4n) is 1.39. The van der Waals surface area contributed by atoms with Gasteiger partial charge in [0.2, 0.25) is 0 Å². The van der Waals surface area contributed by atoms with E-state index >= 15 is 0 Å². The van der Waals surface area contributed by atoms with Crippen LogP contribution in [0.3, 0.4) is 0 Å². The van der Waals surface area contributed by atoms with Gasteiger partial charge in [-0.15, -0.1) is 0 Å². The highest BCUT2D eigenvalue weighted by molar-refractivity contribution is 7.54. The van der Waals surface area contributed by atoms with Crippen LogP contribution in [0.4, 0.5) is 0 Å². The highest BCUT2D eigenvalue weighted by Gasteiger charge is 2.28. The lowest BCUT2D eigenvalue weighted by atomic mass is 9.96. The molecule has 0 heterocycles. The molecule has 0 bridgehead atoms. The van der Waals surface area contributed by atoms with E-state index in [1.165, 1.54) is 14.2 Å². The van der Waals surface area contributed by atoms with Gasteiger partial charge < -0.3 is 9.05 Å². The lowest BCUT2D eigenvalue weighted by molar-refractivity contribution is -0.120. The summed E-state index contributed by atoms with van der Waals surface area (Å²) in [4.78, 5) is 11.7. The maximum absolute atomic E-state index is 11.7. The standard InChI is InChI=1S/C10H21O4P/c1-8(2)6-9(3)10(11)7-15(12,13-4)14-5/h8-9H,6-7H2,1-5H3. The summed E-state index contributed by atoms with van der Waals surface area (Å²) in [5.74, 6) is 0.299. The zero-order valence-corrected chi connectivity index (χ0v) is 11.0. The van der Waals surface area contributed by atoms with Crippen LogP contribution >= 0.6 is 7.60 Å². The summed E-state index contributed by atoms with van der Waals surface area (Å²) in [5.41, 5.74) is 0. The first-order valence-corrected chi connectivity index (χ1v) is 6.80. The second-order valence-corrected chi connectivity index (χ2v) is 6.40. The Bertz CT molecular complexity index is 242. The molecule has 0 N–H and O–H groups in total. The Morgan fingerprint density at radius 2 is 1.67 bits per heavy atom. The minimum atomic E-state index is -3.18. The van der Waals surface area contributed by atoms with Gasteiger partial charge in [0, 0.05) is 20.1 Å². The van der Waals surface area contributed by atoms with E-state index in [0.717, 1.165) is 6.42 Å². The molecule has 4 nitrogen and oxygen atoms in total. The monoisotopic (exact) mass is 236 g/mol. The van der Waals surface area contributed by atoms with Crippen LogP contribution in [0.15, 0.2) is 0 Å². The SMILES string of the molecule is COP(=O)(CC(=O)C(C)CC(C)C)OC. The maximum atomic E-state index is 11.7. The smallest absolute Gasteiger partial charge is 0.312 e. The van der Waals surface area contributed by atoms with Gasteiger partial charge in [-0.3, -0.25) is 9.36 Å². The Labute approximate surface area is 91.9 Å². The summed E-state index contributed by atoms with van der Waals surface area (Å²) in [6.07, 6.45) is 0.667. The summed E-state index contributed by atoms with van der Waals surface area (Å²) in [6, 6.07) is 0. The molecular formula is C10H21O4P. The van der Waals surface area contributed by atoms with Crippen LogP contribution in [0.5, 0.6) is 0 Å². The van der Waals surface area contributed by atoms with Crippen LogP contribution in [0.2, 0.25) is 0 Å². The minimum Gasteiger partial charge on any atom is -0.312 e. The van der Waals surface area contributed by atoms with E-state index in [4.69, 9.17) is 9.05 Å². The Balaban J connectivity index is 4.29. The van der Waals surface area contributed by atoms with Crippen molar-refractivity contribution < 1.29 is 18.4 Å². The largest absolute Gasteiger partial charge is 0.337 e. The highest BCUT2D eigenvalue weighted by Crippen LogP contribution is 2.46. The van der Waals surface area contributed by atoms with Crippen molar-refractivity contribution in [1.29, 1.82) is 0 Å². The van der Waals surface area contributed by atoms with Crippen molar-refractivity contribution in [3.63, 3.8) is 0 Å². The fraction of sp³-hybridized carbons (Fsp3) is 0.900. The maximum Gasteiger partial charge on any atom is 0.337 e. The van der Waals surface area contributed by atoms with Crippen molar-refractivity contribution in [1.82, 2.24) is 0 Å². The first kappa shape index (κ1) is 14.8. The quantitative estimate of drug-likeness (QED) is 0.638. The van der Waals surface area contributed by atoms with Gasteiger partial charge in [0.05, 0.1) is 0 Å². The summed E-state index contributed by atoms with van der Waals surface area (Å²) >= 11 is 0. The first-order valence-electron chi connectivity index (χ1n) is 5.08. The van der Waals surface area contributed by atoms with Crippen molar-refractivity contribution in [2.45, 2.75) is 27.2 Å². The number of rotatable bonds is 7. The van der Waals surface area contributed by atoms with Gasteiger partial charge in [-0.05, 0) is 12.3 Å². The summed E-state index contributed by atoms with van der Waals surface area (Å²) in [7, 11) is -0.592. The molecule has 0 amide bonds. The van der Waals surface area contributed by atoms with Crippen molar-refractivity contribution >= 4 is 13.4 Å². The topological polar surface area (TPSA) is 52.6 Å². The molecule has 0 spiro atoms. The van der Waals surface area contributed by atoms with Crippen LogP contribution in [-0.4, -0.2) is 26.2 Å². The van der Waals surface area contributed by atoms with Crippen LogP contribution in [-0.2, 0) is 18.4 Å². The summed E-state index contributed by atoms with van der Waals surface area (Å²) in [6.45, 7) is 5.95. The number of Topliss-reactive ketones (excluding diaryl/α,β-unsaturated/α-hetero) is 1. The van der Waals surface area contributed by atoms with Gasteiger partial charge in [-0.1, -0.05) is 20.8 Å². The van der Waals surface area contributed by atoms with Crippen LogP contribution in [0.25, 0.3) is 0 Å². The molecule has 15 heavy (non-hydrogen) atoms. The van der Waals surface area contributed by atoms with Gasteiger partial charge in [-0.25, -0.2) is 0 Å². The molecule has 0 aromatic carbocycles. The second kappa shape index (κ2) is 6.41. The van der Waals surface area contributed by atoms with E-state index < -0.39 is 7.60 Å². The van der Waals surface area contributed by atoms with Crippen molar-refractivity contribution in [2.75, 3.05) is 20.4 Å². The third kappa shape index (κ3) is 5.45. The lowest BCUT2D eigenvalue weighted by Crippen LogP contribution is -2.18. The predicted molar refractivity (Wildman–Crippen MR) is 60.1 cm³/mol. The van der Waals surface area contributed by atoms with E-state index in [2.05, 4.69) is 13.8 Å². The van der Waals surface area contributed by atoms with E-state index in [-0.39, 0.29) is 17.9 Å². The Kier molecular flexibility index (Phi) is 6.34. The molecule has 0 aromatic rings. The molecule has 0 fully saturated rings. The summed E-state index contributed by atoms with van der Waals surface area (Å²) < 4.78 is 21.1. The average Bonchev–Trinajstić information content (AvgIpc) is 2.16. The lowest BCUT2D eigenvalue weighted by Gasteiger charge is -2.16. The summed E-state index contributed by atoms with van der Waals surface area (Å²) in [5, 5.41) is 0. The van der Waals surface area contributed by atoms with E-state index in [1.807, 2.05) is 6.92 Å². The Morgan fingerprint density at radius 1 is 1.20 bits per heavy atom. The highest BCUT2D eigenvalue weighted by atomic mass is 31.2. The minimum absolute atomic E-state index is 0.0595. The van der Waals surface area contributed by atoms with Crippen LogP contribution in [0, 0.1) is 11.8 Å². The van der Waals surface area contributed by atoms with Crippen molar-refractivity contribution in [3.8, 4) is 0 Å². The molecular weight excluding hydrogens is 215 g/mol. The van der Waals surface area contributed by atoms with Gasteiger partial charge in [-0.2, -0.15) is 0 Å². The molecule has 0 aliphatic heterocycles. The zero-order valence-electron chi connectivity index (χ0n) is 10.1. The Morgan fingerprint density at radius 3 is 2.00 bits per heavy atom. The second-order valence-electron chi connectivity index (χ2n) is 4.13. The third-order valence-corrected chi connectivity index (χ3v) is 4.09. The number of hydrogen-bond acceptors (Lipinski definition) is 4. The Hall–Kier alpha value is -0.180. The van der Waals surface area contributed by atoms with Crippen LogP contribution < -0.4 is 0 Å². The first-order chi connectivity index (χ1) is 6.84. The van der Waals surface area contributed by atoms with Gasteiger partial charge in [0.1, 0.15) is 11.9 Å². The number of carbonyl (C=O) groups is 1. The third-order valence-electron chi connectivity index (χ3n) is 2.28. The van der Waals surface area contributed by atoms with Crippen molar-refractivity contribution in [3.05, 3.63) is 0 Å². The fourth-order valence-corrected chi connectivity index (χ4v) is 2.49. The average molecular weight is 236 g/mol. The molecule has 0 saturated carbocycles. The molecule has 0 rings (SSSR count).